The highest BCUT2D eigenvalue weighted by atomic mass is 35.5. The Hall–Kier alpha value is -1.72. The molecule has 0 aromatic heterocycles. The number of hydrogen-bond acceptors (Lipinski definition) is 3. The molecule has 2 rings (SSSR count). The predicted octanol–water partition coefficient (Wildman–Crippen LogP) is 5.22. The van der Waals surface area contributed by atoms with E-state index in [0.717, 1.165) is 22.4 Å². The van der Waals surface area contributed by atoms with Crippen molar-refractivity contribution >= 4 is 29.3 Å². The summed E-state index contributed by atoms with van der Waals surface area (Å²) in [4.78, 5) is 12.2. The Bertz CT molecular complexity index is 793. The van der Waals surface area contributed by atoms with Crippen LogP contribution in [0.5, 0.6) is 5.75 Å². The first kappa shape index (κ1) is 21.6. The van der Waals surface area contributed by atoms with Gasteiger partial charge in [0.2, 0.25) is 0 Å². The van der Waals surface area contributed by atoms with Crippen LogP contribution in [0.3, 0.4) is 0 Å². The molecule has 0 aliphatic heterocycles. The lowest BCUT2D eigenvalue weighted by Crippen LogP contribution is -2.37. The lowest BCUT2D eigenvalue weighted by molar-refractivity contribution is -0.127. The molecule has 0 saturated heterocycles. The van der Waals surface area contributed by atoms with E-state index in [4.69, 9.17) is 16.3 Å². The van der Waals surface area contributed by atoms with E-state index < -0.39 is 6.10 Å². The number of aryl methyl sites for hydroxylation is 2. The highest BCUT2D eigenvalue weighted by Crippen LogP contribution is 2.25. The minimum Gasteiger partial charge on any atom is -0.481 e. The van der Waals surface area contributed by atoms with Gasteiger partial charge in [-0.1, -0.05) is 23.7 Å². The quantitative estimate of drug-likeness (QED) is 0.607. The number of halogens is 2. The molecule has 0 aliphatic rings. The molecular weight excluding hydrogens is 385 g/mol. The smallest absolute Gasteiger partial charge is 0.260 e. The summed E-state index contributed by atoms with van der Waals surface area (Å²) in [6.45, 7) is 8.23. The fourth-order valence-electron chi connectivity index (χ4n) is 2.60. The van der Waals surface area contributed by atoms with Gasteiger partial charge in [-0.3, -0.25) is 4.79 Å². The molecule has 2 aromatic carbocycles. The Morgan fingerprint density at radius 3 is 2.74 bits per heavy atom. The molecule has 1 amide bonds. The van der Waals surface area contributed by atoms with Crippen LogP contribution in [-0.2, 0) is 10.5 Å². The normalized spacial score (nSPS) is 11.9. The first-order valence-electron chi connectivity index (χ1n) is 8.82. The van der Waals surface area contributed by atoms with Gasteiger partial charge in [0.05, 0.1) is 0 Å². The summed E-state index contributed by atoms with van der Waals surface area (Å²) < 4.78 is 19.5. The Kier molecular flexibility index (Phi) is 7.99. The van der Waals surface area contributed by atoms with Crippen molar-refractivity contribution in [1.82, 2.24) is 5.32 Å². The Morgan fingerprint density at radius 2 is 2.04 bits per heavy atom. The summed E-state index contributed by atoms with van der Waals surface area (Å²) in [5, 5.41) is 3.28. The number of ether oxygens (including phenoxy) is 1. The molecule has 0 spiro atoms. The van der Waals surface area contributed by atoms with Crippen LogP contribution in [0.25, 0.3) is 0 Å². The summed E-state index contributed by atoms with van der Waals surface area (Å²) in [5.74, 6) is 1.39. The molecule has 0 unspecified atom stereocenters. The molecule has 1 atom stereocenters. The molecule has 0 heterocycles. The number of amides is 1. The second-order valence-electron chi connectivity index (χ2n) is 6.51. The van der Waals surface area contributed by atoms with Gasteiger partial charge in [0.15, 0.2) is 6.10 Å². The van der Waals surface area contributed by atoms with E-state index in [1.807, 2.05) is 26.8 Å². The molecule has 0 saturated carbocycles. The Balaban J connectivity index is 1.77. The molecule has 146 valence electrons. The molecule has 6 heteroatoms. The van der Waals surface area contributed by atoms with Gasteiger partial charge in [0, 0.05) is 28.6 Å². The lowest BCUT2D eigenvalue weighted by Gasteiger charge is -2.18. The minimum atomic E-state index is -0.587. The first-order chi connectivity index (χ1) is 12.8. The zero-order valence-electron chi connectivity index (χ0n) is 16.1. The van der Waals surface area contributed by atoms with Crippen LogP contribution in [0, 0.1) is 26.6 Å². The van der Waals surface area contributed by atoms with Gasteiger partial charge >= 0.3 is 0 Å². The standard InChI is InChI=1S/C21H25ClFNO2S/c1-13-10-14(2)15(3)20(11-13)26-16(4)21(25)24-8-9-27-12-17-18(22)6-5-7-19(17)23/h5-7,10-11,16H,8-9,12H2,1-4H3,(H,24,25)/t16-/m0/s1. The molecule has 1 N–H and O–H groups in total. The van der Waals surface area contributed by atoms with Crippen LogP contribution >= 0.6 is 23.4 Å². The molecule has 0 fully saturated rings. The van der Waals surface area contributed by atoms with Gasteiger partial charge in [-0.25, -0.2) is 4.39 Å². The van der Waals surface area contributed by atoms with Crippen LogP contribution in [0.4, 0.5) is 4.39 Å². The Labute approximate surface area is 169 Å². The van der Waals surface area contributed by atoms with Gasteiger partial charge < -0.3 is 10.1 Å². The maximum atomic E-state index is 13.7. The predicted molar refractivity (Wildman–Crippen MR) is 111 cm³/mol. The van der Waals surface area contributed by atoms with E-state index in [9.17, 15) is 9.18 Å². The summed E-state index contributed by atoms with van der Waals surface area (Å²) >= 11 is 7.53. The average Bonchev–Trinajstić information content (AvgIpc) is 2.60. The van der Waals surface area contributed by atoms with E-state index in [2.05, 4.69) is 11.4 Å². The largest absolute Gasteiger partial charge is 0.481 e. The van der Waals surface area contributed by atoms with Crippen molar-refractivity contribution in [3.8, 4) is 5.75 Å². The molecule has 27 heavy (non-hydrogen) atoms. The number of carbonyl (C=O) groups is 1. The molecule has 0 radical (unpaired) electrons. The molecular formula is C21H25ClFNO2S. The van der Waals surface area contributed by atoms with Gasteiger partial charge in [0.25, 0.3) is 5.91 Å². The van der Waals surface area contributed by atoms with Crippen molar-refractivity contribution in [2.24, 2.45) is 0 Å². The molecule has 0 aliphatic carbocycles. The summed E-state index contributed by atoms with van der Waals surface area (Å²) in [7, 11) is 0. The molecule has 0 bridgehead atoms. The number of benzene rings is 2. The number of thioether (sulfide) groups is 1. The van der Waals surface area contributed by atoms with Crippen LogP contribution in [-0.4, -0.2) is 24.3 Å². The summed E-state index contributed by atoms with van der Waals surface area (Å²) in [5.41, 5.74) is 3.78. The fraction of sp³-hybridized carbons (Fsp3) is 0.381. The lowest BCUT2D eigenvalue weighted by atomic mass is 10.1. The van der Waals surface area contributed by atoms with Crippen molar-refractivity contribution in [2.45, 2.75) is 39.6 Å². The summed E-state index contributed by atoms with van der Waals surface area (Å²) in [6, 6.07) is 8.70. The van der Waals surface area contributed by atoms with Crippen molar-refractivity contribution in [1.29, 1.82) is 0 Å². The van der Waals surface area contributed by atoms with Crippen LogP contribution in [0.15, 0.2) is 30.3 Å². The van der Waals surface area contributed by atoms with Crippen LogP contribution < -0.4 is 10.1 Å². The van der Waals surface area contributed by atoms with E-state index in [0.29, 0.717) is 28.6 Å². The van der Waals surface area contributed by atoms with E-state index >= 15 is 0 Å². The maximum Gasteiger partial charge on any atom is 0.260 e. The number of carbonyl (C=O) groups excluding carboxylic acids is 1. The second-order valence-corrected chi connectivity index (χ2v) is 8.02. The third-order valence-corrected chi connectivity index (χ3v) is 5.63. The van der Waals surface area contributed by atoms with Gasteiger partial charge in [-0.15, -0.1) is 0 Å². The van der Waals surface area contributed by atoms with E-state index in [1.165, 1.54) is 17.8 Å². The third kappa shape index (κ3) is 6.15. The van der Waals surface area contributed by atoms with Crippen molar-refractivity contribution in [3.05, 3.63) is 63.4 Å². The van der Waals surface area contributed by atoms with Crippen molar-refractivity contribution in [2.75, 3.05) is 12.3 Å². The highest BCUT2D eigenvalue weighted by Gasteiger charge is 2.16. The fourth-order valence-corrected chi connectivity index (χ4v) is 3.80. The zero-order valence-corrected chi connectivity index (χ0v) is 17.6. The monoisotopic (exact) mass is 409 g/mol. The SMILES string of the molecule is Cc1cc(C)c(C)c(O[C@@H](C)C(=O)NCCSCc2c(F)cccc2Cl)c1. The maximum absolute atomic E-state index is 13.7. The van der Waals surface area contributed by atoms with E-state index in [-0.39, 0.29) is 11.7 Å². The number of hydrogen-bond donors (Lipinski definition) is 1. The first-order valence-corrected chi connectivity index (χ1v) is 10.4. The van der Waals surface area contributed by atoms with Crippen LogP contribution in [0.2, 0.25) is 5.02 Å². The topological polar surface area (TPSA) is 38.3 Å². The van der Waals surface area contributed by atoms with Gasteiger partial charge in [-0.2, -0.15) is 11.8 Å². The van der Waals surface area contributed by atoms with Crippen molar-refractivity contribution in [3.63, 3.8) is 0 Å². The van der Waals surface area contributed by atoms with Gasteiger partial charge in [-0.05, 0) is 62.6 Å². The molecule has 3 nitrogen and oxygen atoms in total. The zero-order chi connectivity index (χ0) is 20.0. The minimum absolute atomic E-state index is 0.168. The number of nitrogens with one attached hydrogen (secondary N) is 1. The number of rotatable bonds is 8. The second kappa shape index (κ2) is 10.00. The average molecular weight is 410 g/mol. The Morgan fingerprint density at radius 1 is 1.30 bits per heavy atom. The molecule has 2 aromatic rings. The van der Waals surface area contributed by atoms with E-state index in [1.54, 1.807) is 19.1 Å². The third-order valence-electron chi connectivity index (χ3n) is 4.29. The van der Waals surface area contributed by atoms with Crippen LogP contribution in [0.1, 0.15) is 29.2 Å². The van der Waals surface area contributed by atoms with Gasteiger partial charge in [0.1, 0.15) is 11.6 Å². The highest BCUT2D eigenvalue weighted by molar-refractivity contribution is 7.98. The summed E-state index contributed by atoms with van der Waals surface area (Å²) in [6.07, 6.45) is -0.587. The van der Waals surface area contributed by atoms with Crippen molar-refractivity contribution < 1.29 is 13.9 Å².